The maximum atomic E-state index is 12.8. The minimum atomic E-state index is -0.244. The highest BCUT2D eigenvalue weighted by atomic mass is 19.1. The first-order valence-corrected chi connectivity index (χ1v) is 6.02. The van der Waals surface area contributed by atoms with Crippen LogP contribution in [0.3, 0.4) is 0 Å². The maximum absolute atomic E-state index is 12.8. The average Bonchev–Trinajstić information content (AvgIpc) is 2.82. The highest BCUT2D eigenvalue weighted by Crippen LogP contribution is 2.25. The minimum absolute atomic E-state index is 0.214. The molecule has 18 heavy (non-hydrogen) atoms. The molecular formula is C15H14FNO. The summed E-state index contributed by atoms with van der Waals surface area (Å²) in [5.74, 6) is 0.453. The quantitative estimate of drug-likeness (QED) is 0.894. The smallest absolute Gasteiger partial charge is 0.123 e. The van der Waals surface area contributed by atoms with Crippen LogP contribution in [0.4, 0.5) is 4.39 Å². The van der Waals surface area contributed by atoms with E-state index in [0.717, 1.165) is 6.54 Å². The second kappa shape index (κ2) is 4.78. The molecule has 2 aromatic carbocycles. The number of rotatable bonds is 3. The van der Waals surface area contributed by atoms with Gasteiger partial charge in [-0.1, -0.05) is 24.3 Å². The van der Waals surface area contributed by atoms with Gasteiger partial charge in [0, 0.05) is 6.54 Å². The van der Waals surface area contributed by atoms with Gasteiger partial charge in [0.1, 0.15) is 18.2 Å². The van der Waals surface area contributed by atoms with Gasteiger partial charge in [0.2, 0.25) is 0 Å². The molecule has 0 saturated carbocycles. The number of benzene rings is 2. The lowest BCUT2D eigenvalue weighted by molar-refractivity contribution is 0.273. The van der Waals surface area contributed by atoms with Gasteiger partial charge in [-0.15, -0.1) is 0 Å². The van der Waals surface area contributed by atoms with E-state index in [0.29, 0.717) is 12.4 Å². The summed E-state index contributed by atoms with van der Waals surface area (Å²) < 4.78 is 18.4. The van der Waals surface area contributed by atoms with Crippen LogP contribution in [-0.4, -0.2) is 6.61 Å². The van der Waals surface area contributed by atoms with Crippen molar-refractivity contribution in [1.29, 1.82) is 0 Å². The zero-order valence-corrected chi connectivity index (χ0v) is 9.90. The average molecular weight is 243 g/mol. The van der Waals surface area contributed by atoms with Crippen molar-refractivity contribution < 1.29 is 9.13 Å². The molecular weight excluding hydrogens is 229 g/mol. The number of hydrogen-bond acceptors (Lipinski definition) is 2. The summed E-state index contributed by atoms with van der Waals surface area (Å²) in [7, 11) is 0. The normalized spacial score (nSPS) is 17.5. The molecule has 1 atom stereocenters. The Labute approximate surface area is 105 Å². The molecule has 0 radical (unpaired) electrons. The van der Waals surface area contributed by atoms with Crippen LogP contribution in [-0.2, 0) is 6.54 Å². The van der Waals surface area contributed by atoms with Gasteiger partial charge in [-0.2, -0.15) is 0 Å². The third-order valence-electron chi connectivity index (χ3n) is 3.20. The fraction of sp³-hybridized carbons (Fsp3) is 0.200. The Morgan fingerprint density at radius 1 is 1.11 bits per heavy atom. The molecule has 0 aliphatic carbocycles. The highest BCUT2D eigenvalue weighted by molar-refractivity contribution is 5.34. The Balaban J connectivity index is 1.67. The van der Waals surface area contributed by atoms with Gasteiger partial charge in [-0.25, -0.2) is 4.39 Å². The summed E-state index contributed by atoms with van der Waals surface area (Å²) in [4.78, 5) is 0. The van der Waals surface area contributed by atoms with Crippen LogP contribution >= 0.6 is 0 Å². The zero-order valence-electron chi connectivity index (χ0n) is 9.90. The van der Waals surface area contributed by atoms with Gasteiger partial charge in [0.15, 0.2) is 0 Å². The molecule has 1 N–H and O–H groups in total. The van der Waals surface area contributed by atoms with Gasteiger partial charge in [-0.3, -0.25) is 0 Å². The maximum Gasteiger partial charge on any atom is 0.123 e. The monoisotopic (exact) mass is 243 g/mol. The van der Waals surface area contributed by atoms with E-state index >= 15 is 0 Å². The van der Waals surface area contributed by atoms with Crippen LogP contribution in [0, 0.1) is 5.82 Å². The molecule has 1 heterocycles. The summed E-state index contributed by atoms with van der Waals surface area (Å²) in [6.45, 7) is 1.44. The number of fused-ring (bicyclic) bond motifs is 1. The van der Waals surface area contributed by atoms with Crippen molar-refractivity contribution in [1.82, 2.24) is 5.32 Å². The first-order chi connectivity index (χ1) is 8.83. The van der Waals surface area contributed by atoms with E-state index in [1.807, 2.05) is 12.1 Å². The number of nitrogens with one attached hydrogen (secondary N) is 1. The summed E-state index contributed by atoms with van der Waals surface area (Å²) in [6.07, 6.45) is 0. The van der Waals surface area contributed by atoms with Crippen molar-refractivity contribution >= 4 is 0 Å². The van der Waals surface area contributed by atoms with E-state index in [1.165, 1.54) is 23.3 Å². The summed E-state index contributed by atoms with van der Waals surface area (Å²) in [5, 5.41) is 3.40. The highest BCUT2D eigenvalue weighted by Gasteiger charge is 2.21. The Hall–Kier alpha value is -1.87. The van der Waals surface area contributed by atoms with Crippen LogP contribution in [0.5, 0.6) is 5.75 Å². The van der Waals surface area contributed by atoms with Crippen LogP contribution in [0.25, 0.3) is 0 Å². The lowest BCUT2D eigenvalue weighted by Crippen LogP contribution is -2.19. The van der Waals surface area contributed by atoms with E-state index in [4.69, 9.17) is 4.74 Å². The Bertz CT molecular complexity index is 538. The standard InChI is InChI=1S/C15H14FNO/c16-12-5-7-13(8-6-12)18-10-15-14-4-2-1-3-11(14)9-17-15/h1-8,15,17H,9-10H2. The third-order valence-corrected chi connectivity index (χ3v) is 3.20. The summed E-state index contributed by atoms with van der Waals surface area (Å²) in [5.41, 5.74) is 2.62. The lowest BCUT2D eigenvalue weighted by atomic mass is 10.1. The van der Waals surface area contributed by atoms with Gasteiger partial charge >= 0.3 is 0 Å². The van der Waals surface area contributed by atoms with Gasteiger partial charge in [-0.05, 0) is 35.4 Å². The Morgan fingerprint density at radius 2 is 1.89 bits per heavy atom. The van der Waals surface area contributed by atoms with Crippen molar-refractivity contribution in [3.05, 3.63) is 65.5 Å². The molecule has 0 amide bonds. The van der Waals surface area contributed by atoms with E-state index in [2.05, 4.69) is 17.4 Å². The molecule has 2 aromatic rings. The number of hydrogen-bond donors (Lipinski definition) is 1. The number of ether oxygens (including phenoxy) is 1. The second-order valence-corrected chi connectivity index (χ2v) is 4.40. The van der Waals surface area contributed by atoms with Crippen molar-refractivity contribution in [3.8, 4) is 5.75 Å². The minimum Gasteiger partial charge on any atom is -0.492 e. The van der Waals surface area contributed by atoms with Gasteiger partial charge < -0.3 is 10.1 Å². The summed E-state index contributed by atoms with van der Waals surface area (Å²) >= 11 is 0. The third kappa shape index (κ3) is 2.22. The fourth-order valence-corrected chi connectivity index (χ4v) is 2.24. The molecule has 1 unspecified atom stereocenters. The first kappa shape index (κ1) is 11.2. The van der Waals surface area contributed by atoms with Crippen molar-refractivity contribution in [3.63, 3.8) is 0 Å². The van der Waals surface area contributed by atoms with Crippen LogP contribution in [0.1, 0.15) is 17.2 Å². The summed E-state index contributed by atoms with van der Waals surface area (Å²) in [6, 6.07) is 14.7. The molecule has 1 aliphatic heterocycles. The lowest BCUT2D eigenvalue weighted by Gasteiger charge is -2.13. The van der Waals surface area contributed by atoms with Crippen LogP contribution in [0.15, 0.2) is 48.5 Å². The zero-order chi connectivity index (χ0) is 12.4. The molecule has 0 aromatic heterocycles. The van der Waals surface area contributed by atoms with Crippen LogP contribution < -0.4 is 10.1 Å². The predicted molar refractivity (Wildman–Crippen MR) is 67.9 cm³/mol. The second-order valence-electron chi connectivity index (χ2n) is 4.40. The van der Waals surface area contributed by atoms with Gasteiger partial charge in [0.05, 0.1) is 6.04 Å². The molecule has 0 saturated heterocycles. The molecule has 2 nitrogen and oxygen atoms in total. The van der Waals surface area contributed by atoms with Crippen molar-refractivity contribution in [2.75, 3.05) is 6.61 Å². The van der Waals surface area contributed by atoms with Crippen LogP contribution in [0.2, 0.25) is 0 Å². The predicted octanol–water partition coefficient (Wildman–Crippen LogP) is 3.05. The van der Waals surface area contributed by atoms with E-state index in [-0.39, 0.29) is 11.9 Å². The fourth-order valence-electron chi connectivity index (χ4n) is 2.24. The largest absolute Gasteiger partial charge is 0.492 e. The first-order valence-electron chi connectivity index (χ1n) is 6.02. The topological polar surface area (TPSA) is 21.3 Å². The molecule has 3 rings (SSSR count). The van der Waals surface area contributed by atoms with Gasteiger partial charge in [0.25, 0.3) is 0 Å². The Morgan fingerprint density at radius 3 is 2.72 bits per heavy atom. The molecule has 1 aliphatic rings. The van der Waals surface area contributed by atoms with Crippen molar-refractivity contribution in [2.24, 2.45) is 0 Å². The molecule has 0 spiro atoms. The molecule has 92 valence electrons. The Kier molecular flexibility index (Phi) is 2.99. The molecule has 0 fully saturated rings. The number of halogens is 1. The van der Waals surface area contributed by atoms with Crippen molar-refractivity contribution in [2.45, 2.75) is 12.6 Å². The van der Waals surface area contributed by atoms with E-state index in [1.54, 1.807) is 12.1 Å². The molecule has 0 bridgehead atoms. The molecule has 3 heteroatoms. The van der Waals surface area contributed by atoms with E-state index in [9.17, 15) is 4.39 Å². The SMILES string of the molecule is Fc1ccc(OCC2NCc3ccccc32)cc1. The van der Waals surface area contributed by atoms with E-state index < -0.39 is 0 Å².